The molecule has 24 heavy (non-hydrogen) atoms. The van der Waals surface area contributed by atoms with E-state index in [4.69, 9.17) is 21.1 Å². The van der Waals surface area contributed by atoms with Gasteiger partial charge < -0.3 is 19.7 Å². The number of rotatable bonds is 6. The van der Waals surface area contributed by atoms with Crippen LogP contribution in [0.2, 0.25) is 5.02 Å². The fourth-order valence-corrected chi connectivity index (χ4v) is 3.02. The number of hydrogen-bond acceptors (Lipinski definition) is 6. The molecule has 1 atom stereocenters. The Morgan fingerprint density at radius 2 is 2.21 bits per heavy atom. The Kier molecular flexibility index (Phi) is 6.33. The zero-order valence-electron chi connectivity index (χ0n) is 13.2. The van der Waals surface area contributed by atoms with Gasteiger partial charge >= 0.3 is 5.97 Å². The van der Waals surface area contributed by atoms with Crippen LogP contribution >= 0.6 is 23.4 Å². The normalized spacial score (nSPS) is 15.1. The summed E-state index contributed by atoms with van der Waals surface area (Å²) in [6.07, 6.45) is -1.02. The van der Waals surface area contributed by atoms with Crippen LogP contribution in [-0.2, 0) is 14.3 Å². The molecular formula is C15H17ClN2O5S. The Hall–Kier alpha value is -1.93. The van der Waals surface area contributed by atoms with Crippen LogP contribution in [0.5, 0.6) is 5.75 Å². The van der Waals surface area contributed by atoms with Crippen LogP contribution in [0.3, 0.4) is 0 Å². The molecule has 1 saturated heterocycles. The van der Waals surface area contributed by atoms with Crippen molar-refractivity contribution in [2.75, 3.05) is 31.3 Å². The summed E-state index contributed by atoms with van der Waals surface area (Å²) < 4.78 is 10.2. The number of esters is 1. The third-order valence-corrected chi connectivity index (χ3v) is 4.39. The quantitative estimate of drug-likeness (QED) is 0.772. The van der Waals surface area contributed by atoms with Gasteiger partial charge in [-0.15, -0.1) is 0 Å². The van der Waals surface area contributed by atoms with Gasteiger partial charge in [-0.1, -0.05) is 23.4 Å². The molecule has 0 unspecified atom stereocenters. The first-order valence-electron chi connectivity index (χ1n) is 7.16. The lowest BCUT2D eigenvalue weighted by Gasteiger charge is -2.17. The summed E-state index contributed by atoms with van der Waals surface area (Å²) in [5, 5.41) is 2.87. The molecule has 0 spiro atoms. The standard InChI is InChI=1S/C15H17ClN2O5S/c1-9(23-13(19)8-18-5-6-24-15(18)21)14(20)17-11-7-10(16)3-4-12(11)22-2/h3-4,7,9H,5-6,8H2,1-2H3,(H,17,20)/t9-/m0/s1. The second-order valence-electron chi connectivity index (χ2n) is 5.00. The number of thioether (sulfide) groups is 1. The van der Waals surface area contributed by atoms with Gasteiger partial charge in [0.25, 0.3) is 11.1 Å². The molecule has 2 rings (SSSR count). The van der Waals surface area contributed by atoms with E-state index in [9.17, 15) is 14.4 Å². The van der Waals surface area contributed by atoms with E-state index < -0.39 is 18.0 Å². The number of carbonyl (C=O) groups excluding carboxylic acids is 3. The zero-order valence-corrected chi connectivity index (χ0v) is 14.8. The first kappa shape index (κ1) is 18.4. The van der Waals surface area contributed by atoms with Crippen molar-refractivity contribution in [1.29, 1.82) is 0 Å². The second kappa shape index (κ2) is 8.25. The van der Waals surface area contributed by atoms with Gasteiger partial charge in [-0.25, -0.2) is 0 Å². The number of anilines is 1. The number of nitrogens with one attached hydrogen (secondary N) is 1. The summed E-state index contributed by atoms with van der Waals surface area (Å²) in [5.74, 6) is -0.0694. The van der Waals surface area contributed by atoms with Crippen molar-refractivity contribution in [1.82, 2.24) is 4.90 Å². The molecule has 1 heterocycles. The van der Waals surface area contributed by atoms with Gasteiger partial charge in [0, 0.05) is 17.3 Å². The van der Waals surface area contributed by atoms with Gasteiger partial charge in [-0.05, 0) is 25.1 Å². The Bertz CT molecular complexity index is 655. The van der Waals surface area contributed by atoms with E-state index >= 15 is 0 Å². The van der Waals surface area contributed by atoms with Gasteiger partial charge in [0.05, 0.1) is 12.8 Å². The minimum atomic E-state index is -1.02. The highest BCUT2D eigenvalue weighted by Crippen LogP contribution is 2.27. The Morgan fingerprint density at radius 3 is 2.83 bits per heavy atom. The van der Waals surface area contributed by atoms with Crippen LogP contribution < -0.4 is 10.1 Å². The summed E-state index contributed by atoms with van der Waals surface area (Å²) in [7, 11) is 1.47. The third-order valence-electron chi connectivity index (χ3n) is 3.26. The van der Waals surface area contributed by atoms with E-state index in [0.29, 0.717) is 28.8 Å². The largest absolute Gasteiger partial charge is 0.495 e. The van der Waals surface area contributed by atoms with Gasteiger partial charge in [0.2, 0.25) is 0 Å². The maximum absolute atomic E-state index is 12.2. The van der Waals surface area contributed by atoms with E-state index in [1.54, 1.807) is 12.1 Å². The number of nitrogens with zero attached hydrogens (tertiary/aromatic N) is 1. The molecule has 0 aromatic heterocycles. The fraction of sp³-hybridized carbons (Fsp3) is 0.400. The highest BCUT2D eigenvalue weighted by atomic mass is 35.5. The molecule has 2 amide bonds. The number of ether oxygens (including phenoxy) is 2. The lowest BCUT2D eigenvalue weighted by Crippen LogP contribution is -2.36. The van der Waals surface area contributed by atoms with Crippen LogP contribution in [0, 0.1) is 0 Å². The number of halogens is 1. The molecule has 0 radical (unpaired) electrons. The lowest BCUT2D eigenvalue weighted by atomic mass is 10.2. The first-order chi connectivity index (χ1) is 11.4. The molecule has 7 nitrogen and oxygen atoms in total. The van der Waals surface area contributed by atoms with E-state index in [0.717, 1.165) is 11.8 Å². The minimum absolute atomic E-state index is 0.160. The monoisotopic (exact) mass is 372 g/mol. The van der Waals surface area contributed by atoms with E-state index in [1.807, 2.05) is 0 Å². The summed E-state index contributed by atoms with van der Waals surface area (Å²) >= 11 is 7.05. The molecule has 9 heteroatoms. The van der Waals surface area contributed by atoms with Crippen molar-refractivity contribution in [3.63, 3.8) is 0 Å². The van der Waals surface area contributed by atoms with Crippen LogP contribution in [0.1, 0.15) is 6.92 Å². The Morgan fingerprint density at radius 1 is 1.46 bits per heavy atom. The molecule has 1 N–H and O–H groups in total. The second-order valence-corrected chi connectivity index (χ2v) is 6.48. The Labute approximate surface area is 148 Å². The van der Waals surface area contributed by atoms with Crippen molar-refractivity contribution in [2.24, 2.45) is 0 Å². The highest BCUT2D eigenvalue weighted by molar-refractivity contribution is 8.13. The lowest BCUT2D eigenvalue weighted by molar-refractivity contribution is -0.153. The van der Waals surface area contributed by atoms with Crippen LogP contribution in [0.4, 0.5) is 10.5 Å². The van der Waals surface area contributed by atoms with E-state index in [1.165, 1.54) is 25.0 Å². The number of benzene rings is 1. The fourth-order valence-electron chi connectivity index (χ4n) is 2.03. The van der Waals surface area contributed by atoms with Gasteiger partial charge in [0.15, 0.2) is 6.10 Å². The molecule has 130 valence electrons. The van der Waals surface area contributed by atoms with Crippen molar-refractivity contribution >= 4 is 46.2 Å². The number of methoxy groups -OCH3 is 1. The van der Waals surface area contributed by atoms with Gasteiger partial charge in [0.1, 0.15) is 12.3 Å². The average Bonchev–Trinajstić information content (AvgIpc) is 2.92. The molecule has 1 aliphatic rings. The summed E-state index contributed by atoms with van der Waals surface area (Å²) in [6.45, 7) is 1.79. The molecule has 0 bridgehead atoms. The van der Waals surface area contributed by atoms with Gasteiger partial charge in [-0.2, -0.15) is 0 Å². The summed E-state index contributed by atoms with van der Waals surface area (Å²) in [4.78, 5) is 36.8. The summed E-state index contributed by atoms with van der Waals surface area (Å²) in [6, 6.07) is 4.78. The van der Waals surface area contributed by atoms with E-state index in [2.05, 4.69) is 5.32 Å². The van der Waals surface area contributed by atoms with Crippen LogP contribution in [-0.4, -0.2) is 54.1 Å². The number of amides is 2. The molecule has 1 aliphatic heterocycles. The minimum Gasteiger partial charge on any atom is -0.495 e. The molecule has 0 aliphatic carbocycles. The molecular weight excluding hydrogens is 356 g/mol. The smallest absolute Gasteiger partial charge is 0.326 e. The molecule has 1 aromatic rings. The molecule has 1 aromatic carbocycles. The predicted octanol–water partition coefficient (Wildman–Crippen LogP) is 2.39. The number of hydrogen-bond donors (Lipinski definition) is 1. The SMILES string of the molecule is COc1ccc(Cl)cc1NC(=O)[C@H](C)OC(=O)CN1CCSC1=O. The summed E-state index contributed by atoms with van der Waals surface area (Å²) in [5.41, 5.74) is 0.379. The van der Waals surface area contributed by atoms with Crippen molar-refractivity contribution in [3.8, 4) is 5.75 Å². The van der Waals surface area contributed by atoms with Crippen molar-refractivity contribution in [2.45, 2.75) is 13.0 Å². The van der Waals surface area contributed by atoms with Crippen molar-refractivity contribution < 1.29 is 23.9 Å². The first-order valence-corrected chi connectivity index (χ1v) is 8.52. The predicted molar refractivity (Wildman–Crippen MR) is 91.6 cm³/mol. The van der Waals surface area contributed by atoms with Crippen LogP contribution in [0.25, 0.3) is 0 Å². The maximum atomic E-state index is 12.2. The molecule has 1 fully saturated rings. The Balaban J connectivity index is 1.91. The van der Waals surface area contributed by atoms with Crippen LogP contribution in [0.15, 0.2) is 18.2 Å². The van der Waals surface area contributed by atoms with E-state index in [-0.39, 0.29) is 11.8 Å². The van der Waals surface area contributed by atoms with Gasteiger partial charge in [-0.3, -0.25) is 14.4 Å². The topological polar surface area (TPSA) is 84.9 Å². The highest BCUT2D eigenvalue weighted by Gasteiger charge is 2.26. The third kappa shape index (κ3) is 4.78. The molecule has 0 saturated carbocycles. The van der Waals surface area contributed by atoms with Crippen molar-refractivity contribution in [3.05, 3.63) is 23.2 Å². The maximum Gasteiger partial charge on any atom is 0.326 e. The number of carbonyl (C=O) groups is 3. The zero-order chi connectivity index (χ0) is 17.7. The average molecular weight is 373 g/mol.